The topological polar surface area (TPSA) is 130 Å². The number of benzene rings is 3. The van der Waals surface area contributed by atoms with Crippen LogP contribution in [0.5, 0.6) is 5.75 Å². The monoisotopic (exact) mass is 594 g/mol. The first-order chi connectivity index (χ1) is 19.7. The molecule has 0 aliphatic rings. The van der Waals surface area contributed by atoms with Crippen molar-refractivity contribution in [1.82, 2.24) is 9.73 Å². The smallest absolute Gasteiger partial charge is 0.329 e. The Labute approximate surface area is 242 Å². The molecule has 3 aromatic carbocycles. The molecule has 4 rings (SSSR count). The van der Waals surface area contributed by atoms with Gasteiger partial charge in [-0.05, 0) is 66.6 Å². The summed E-state index contributed by atoms with van der Waals surface area (Å²) in [6.45, 7) is 1.87. The van der Waals surface area contributed by atoms with E-state index in [-0.39, 0.29) is 23.7 Å². The first-order valence-electron chi connectivity index (χ1n) is 12.3. The van der Waals surface area contributed by atoms with Gasteiger partial charge in [0.05, 0.1) is 30.5 Å². The lowest BCUT2D eigenvalue weighted by atomic mass is 10.2. The molecule has 2 amide bonds. The van der Waals surface area contributed by atoms with Crippen LogP contribution in [0.3, 0.4) is 0 Å². The van der Waals surface area contributed by atoms with Gasteiger partial charge in [0.25, 0.3) is 0 Å². The summed E-state index contributed by atoms with van der Waals surface area (Å²) in [7, 11) is -2.45. The quantitative estimate of drug-likeness (QED) is 0.155. The van der Waals surface area contributed by atoms with E-state index in [1.807, 2.05) is 43.3 Å². The number of sulfonamides is 1. The molecule has 0 saturated heterocycles. The van der Waals surface area contributed by atoms with E-state index in [1.165, 1.54) is 41.9 Å². The Morgan fingerprint density at radius 2 is 1.71 bits per heavy atom. The van der Waals surface area contributed by atoms with Crippen molar-refractivity contribution in [3.05, 3.63) is 113 Å². The molecule has 0 atom stereocenters. The summed E-state index contributed by atoms with van der Waals surface area (Å²) in [5.41, 5.74) is 4.15. The number of aryl methyl sites for hydroxylation is 1. The van der Waals surface area contributed by atoms with Crippen molar-refractivity contribution in [3.8, 4) is 5.75 Å². The number of carbonyl (C=O) groups excluding carboxylic acids is 2. The second-order valence-corrected chi connectivity index (χ2v) is 11.2. The molecule has 10 nitrogen and oxygen atoms in total. The van der Waals surface area contributed by atoms with E-state index in [9.17, 15) is 18.0 Å². The molecule has 0 aliphatic heterocycles. The Morgan fingerprint density at radius 1 is 0.976 bits per heavy atom. The van der Waals surface area contributed by atoms with E-state index < -0.39 is 21.8 Å². The molecule has 0 unspecified atom stereocenters. The van der Waals surface area contributed by atoms with Crippen LogP contribution < -0.4 is 15.5 Å². The summed E-state index contributed by atoms with van der Waals surface area (Å²) in [6, 6.07) is 23.4. The normalized spacial score (nSPS) is 11.5. The van der Waals surface area contributed by atoms with E-state index in [1.54, 1.807) is 24.3 Å². The third-order valence-electron chi connectivity index (χ3n) is 5.84. The van der Waals surface area contributed by atoms with Gasteiger partial charge >= 0.3 is 11.8 Å². The molecule has 41 heavy (non-hydrogen) atoms. The molecular weight excluding hydrogens is 568 g/mol. The highest BCUT2D eigenvalue weighted by molar-refractivity contribution is 7.89. The van der Waals surface area contributed by atoms with Crippen molar-refractivity contribution in [2.24, 2.45) is 5.10 Å². The van der Waals surface area contributed by atoms with Crippen molar-refractivity contribution in [1.29, 1.82) is 0 Å². The van der Waals surface area contributed by atoms with Crippen LogP contribution in [0.1, 0.15) is 22.6 Å². The summed E-state index contributed by atoms with van der Waals surface area (Å²) in [4.78, 5) is 24.6. The predicted octanol–water partition coefficient (Wildman–Crippen LogP) is 4.73. The number of hydrogen-bond acceptors (Lipinski definition) is 7. The molecule has 1 aromatic heterocycles. The van der Waals surface area contributed by atoms with E-state index in [0.717, 1.165) is 11.1 Å². The van der Waals surface area contributed by atoms with Crippen molar-refractivity contribution < 1.29 is 27.2 Å². The molecule has 0 saturated carbocycles. The second kappa shape index (κ2) is 13.3. The zero-order chi connectivity index (χ0) is 29.4. The Bertz CT molecular complexity index is 1650. The molecule has 12 heteroatoms. The van der Waals surface area contributed by atoms with Gasteiger partial charge in [-0.25, -0.2) is 13.8 Å². The number of halogens is 1. The highest BCUT2D eigenvalue weighted by atomic mass is 35.5. The van der Waals surface area contributed by atoms with Crippen LogP contribution in [0.15, 0.2) is 99.3 Å². The summed E-state index contributed by atoms with van der Waals surface area (Å²) in [5.74, 6) is -0.947. The number of nitrogens with one attached hydrogen (secondary N) is 2. The molecule has 4 aromatic rings. The number of hydrogen-bond donors (Lipinski definition) is 2. The third kappa shape index (κ3) is 7.82. The number of furan rings is 1. The van der Waals surface area contributed by atoms with Crippen molar-refractivity contribution in [3.63, 3.8) is 0 Å². The molecule has 212 valence electrons. The first kappa shape index (κ1) is 29.5. The van der Waals surface area contributed by atoms with Crippen molar-refractivity contribution in [2.75, 3.05) is 12.4 Å². The van der Waals surface area contributed by atoms with E-state index in [4.69, 9.17) is 20.8 Å². The van der Waals surface area contributed by atoms with Crippen LogP contribution in [0.25, 0.3) is 0 Å². The minimum absolute atomic E-state index is 0.0687. The fourth-order valence-electron chi connectivity index (χ4n) is 3.80. The van der Waals surface area contributed by atoms with Crippen LogP contribution >= 0.6 is 11.6 Å². The number of methoxy groups -OCH3 is 1. The van der Waals surface area contributed by atoms with Crippen molar-refractivity contribution >= 4 is 45.3 Å². The molecule has 1 heterocycles. The Balaban J connectivity index is 1.43. The molecule has 0 aliphatic carbocycles. The van der Waals surface area contributed by atoms with Gasteiger partial charge in [0.2, 0.25) is 10.0 Å². The Kier molecular flexibility index (Phi) is 9.56. The van der Waals surface area contributed by atoms with Crippen LogP contribution in [0.4, 0.5) is 5.69 Å². The first-order valence-corrected chi connectivity index (χ1v) is 14.1. The minimum atomic E-state index is -3.91. The largest absolute Gasteiger partial charge is 0.495 e. The standard InChI is InChI=1S/C29H27ClN4O6S/c1-20-8-15-27(39-2)26(16-20)32-28(35)29(36)33-31-17-23-11-12-24(40-23)19-34(18-21-6-4-3-5-7-21)41(37,38)25-13-9-22(30)10-14-25/h3-17H,18-19H2,1-2H3,(H,32,35)(H,33,36)/b31-17+. The Hall–Kier alpha value is -4.45. The van der Waals surface area contributed by atoms with Gasteiger partial charge in [0.15, 0.2) is 0 Å². The number of hydrazone groups is 1. The fraction of sp³-hybridized carbons (Fsp3) is 0.138. The van der Waals surface area contributed by atoms with E-state index >= 15 is 0 Å². The van der Waals surface area contributed by atoms with Gasteiger partial charge in [-0.2, -0.15) is 9.41 Å². The van der Waals surface area contributed by atoms with Gasteiger partial charge in [0.1, 0.15) is 17.3 Å². The fourth-order valence-corrected chi connectivity index (χ4v) is 5.32. The highest BCUT2D eigenvalue weighted by Crippen LogP contribution is 2.25. The summed E-state index contributed by atoms with van der Waals surface area (Å²) >= 11 is 5.95. The number of rotatable bonds is 10. The number of carbonyl (C=O) groups is 2. The van der Waals surface area contributed by atoms with Gasteiger partial charge in [-0.15, -0.1) is 0 Å². The Morgan fingerprint density at radius 3 is 2.41 bits per heavy atom. The molecule has 0 fully saturated rings. The zero-order valence-electron chi connectivity index (χ0n) is 22.2. The lowest BCUT2D eigenvalue weighted by Gasteiger charge is -2.21. The maximum absolute atomic E-state index is 13.5. The molecule has 2 N–H and O–H groups in total. The van der Waals surface area contributed by atoms with Gasteiger partial charge in [-0.1, -0.05) is 48.0 Å². The second-order valence-electron chi connectivity index (χ2n) is 8.87. The van der Waals surface area contributed by atoms with Crippen LogP contribution in [0.2, 0.25) is 5.02 Å². The average molecular weight is 595 g/mol. The van der Waals surface area contributed by atoms with E-state index in [0.29, 0.717) is 22.2 Å². The molecule has 0 radical (unpaired) electrons. The van der Waals surface area contributed by atoms with Crippen LogP contribution in [-0.4, -0.2) is 37.9 Å². The van der Waals surface area contributed by atoms with Gasteiger partial charge in [0, 0.05) is 11.6 Å². The maximum Gasteiger partial charge on any atom is 0.329 e. The van der Waals surface area contributed by atoms with Crippen LogP contribution in [-0.2, 0) is 32.7 Å². The molecular formula is C29H27ClN4O6S. The summed E-state index contributed by atoms with van der Waals surface area (Å²) < 4.78 is 39.2. The lowest BCUT2D eigenvalue weighted by Crippen LogP contribution is -2.32. The average Bonchev–Trinajstić information content (AvgIpc) is 3.40. The van der Waals surface area contributed by atoms with E-state index in [2.05, 4.69) is 15.8 Å². The number of nitrogens with zero attached hydrogens (tertiary/aromatic N) is 2. The predicted molar refractivity (Wildman–Crippen MR) is 155 cm³/mol. The minimum Gasteiger partial charge on any atom is -0.495 e. The van der Waals surface area contributed by atoms with Gasteiger partial charge in [-0.3, -0.25) is 9.59 Å². The highest BCUT2D eigenvalue weighted by Gasteiger charge is 2.26. The maximum atomic E-state index is 13.5. The van der Waals surface area contributed by atoms with Crippen LogP contribution in [0, 0.1) is 6.92 Å². The zero-order valence-corrected chi connectivity index (χ0v) is 23.8. The SMILES string of the molecule is COc1ccc(C)cc1NC(=O)C(=O)N/N=C/c1ccc(CN(Cc2ccccc2)S(=O)(=O)c2ccc(Cl)cc2)o1. The van der Waals surface area contributed by atoms with Gasteiger partial charge < -0.3 is 14.5 Å². The number of amides is 2. The van der Waals surface area contributed by atoms with Crippen molar-refractivity contribution in [2.45, 2.75) is 24.9 Å². The number of ether oxygens (including phenoxy) is 1. The summed E-state index contributed by atoms with van der Waals surface area (Å²) in [5, 5.41) is 6.68. The summed E-state index contributed by atoms with van der Waals surface area (Å²) in [6.07, 6.45) is 1.21. The third-order valence-corrected chi connectivity index (χ3v) is 7.89. The number of anilines is 1. The lowest BCUT2D eigenvalue weighted by molar-refractivity contribution is -0.136. The molecule has 0 spiro atoms. The molecule has 0 bridgehead atoms.